The summed E-state index contributed by atoms with van der Waals surface area (Å²) in [5.41, 5.74) is 0.451. The minimum Gasteiger partial charge on any atom is -0.355 e. The van der Waals surface area contributed by atoms with Crippen molar-refractivity contribution in [1.29, 1.82) is 0 Å². The van der Waals surface area contributed by atoms with E-state index >= 15 is 0 Å². The molecule has 0 radical (unpaired) electrons. The van der Waals surface area contributed by atoms with Crippen LogP contribution in [0.2, 0.25) is 0 Å². The number of benzene rings is 1. The number of rotatable bonds is 6. The molecular formula is C17H25FN2O. The van der Waals surface area contributed by atoms with Gasteiger partial charge in [0.2, 0.25) is 5.91 Å². The van der Waals surface area contributed by atoms with Crippen LogP contribution in [-0.4, -0.2) is 25.0 Å². The van der Waals surface area contributed by atoms with E-state index in [0.717, 1.165) is 6.54 Å². The zero-order chi connectivity index (χ0) is 14.9. The molecule has 1 fully saturated rings. The van der Waals surface area contributed by atoms with E-state index < -0.39 is 0 Å². The van der Waals surface area contributed by atoms with Gasteiger partial charge in [-0.25, -0.2) is 4.39 Å². The molecule has 0 saturated heterocycles. The minimum atomic E-state index is -0.316. The molecule has 21 heavy (non-hydrogen) atoms. The van der Waals surface area contributed by atoms with Crippen molar-refractivity contribution in [3.63, 3.8) is 0 Å². The van der Waals surface area contributed by atoms with Gasteiger partial charge < -0.3 is 10.6 Å². The number of hydrogen-bond donors (Lipinski definition) is 2. The van der Waals surface area contributed by atoms with Crippen LogP contribution in [0, 0.1) is 5.82 Å². The van der Waals surface area contributed by atoms with Gasteiger partial charge >= 0.3 is 0 Å². The molecule has 0 unspecified atom stereocenters. The van der Waals surface area contributed by atoms with Crippen LogP contribution in [0.25, 0.3) is 0 Å². The molecule has 1 aromatic carbocycles. The second-order valence-electron chi connectivity index (χ2n) is 5.76. The van der Waals surface area contributed by atoms with Crippen molar-refractivity contribution in [2.75, 3.05) is 13.1 Å². The number of carbonyl (C=O) groups is 1. The molecule has 0 atom stereocenters. The lowest BCUT2D eigenvalue weighted by atomic mass is 10.1. The Morgan fingerprint density at radius 3 is 2.52 bits per heavy atom. The molecule has 0 spiro atoms. The van der Waals surface area contributed by atoms with Gasteiger partial charge in [0.1, 0.15) is 5.82 Å². The van der Waals surface area contributed by atoms with Crippen LogP contribution < -0.4 is 10.6 Å². The van der Waals surface area contributed by atoms with Gasteiger partial charge in [-0.2, -0.15) is 0 Å². The summed E-state index contributed by atoms with van der Waals surface area (Å²) in [5.74, 6) is -0.438. The maximum Gasteiger partial charge on any atom is 0.224 e. The molecule has 3 nitrogen and oxygen atoms in total. The summed E-state index contributed by atoms with van der Waals surface area (Å²) in [6, 6.07) is 7.01. The van der Waals surface area contributed by atoms with Crippen LogP contribution >= 0.6 is 0 Å². The highest BCUT2D eigenvalue weighted by atomic mass is 19.1. The maximum atomic E-state index is 13.4. The highest BCUT2D eigenvalue weighted by Gasteiger charge is 2.11. The predicted octanol–water partition coefficient (Wildman–Crippen LogP) is 2.80. The smallest absolute Gasteiger partial charge is 0.224 e. The molecule has 2 N–H and O–H groups in total. The highest BCUT2D eigenvalue weighted by Crippen LogP contribution is 2.16. The summed E-state index contributed by atoms with van der Waals surface area (Å²) in [6.45, 7) is 1.39. The SMILES string of the molecule is O=C(Cc1ccccc1F)NCCNC1CCCCCC1. The fourth-order valence-corrected chi connectivity index (χ4v) is 2.84. The van der Waals surface area contributed by atoms with E-state index in [-0.39, 0.29) is 18.1 Å². The fraction of sp³-hybridized carbons (Fsp3) is 0.588. The van der Waals surface area contributed by atoms with E-state index in [0.29, 0.717) is 18.2 Å². The van der Waals surface area contributed by atoms with Gasteiger partial charge in [0.05, 0.1) is 6.42 Å². The molecule has 1 aliphatic carbocycles. The van der Waals surface area contributed by atoms with Crippen LogP contribution in [0.5, 0.6) is 0 Å². The molecule has 0 heterocycles. The summed E-state index contributed by atoms with van der Waals surface area (Å²) in [7, 11) is 0. The molecule has 1 aliphatic rings. The van der Waals surface area contributed by atoms with Gasteiger partial charge in [-0.3, -0.25) is 4.79 Å². The summed E-state index contributed by atoms with van der Waals surface area (Å²) >= 11 is 0. The van der Waals surface area contributed by atoms with Crippen LogP contribution in [0.4, 0.5) is 4.39 Å². The first-order valence-electron chi connectivity index (χ1n) is 7.99. The van der Waals surface area contributed by atoms with Crippen LogP contribution in [-0.2, 0) is 11.2 Å². The Kier molecular flexibility index (Phi) is 6.67. The maximum absolute atomic E-state index is 13.4. The average molecular weight is 292 g/mol. The summed E-state index contributed by atoms with van der Waals surface area (Å²) in [5, 5.41) is 6.35. The van der Waals surface area contributed by atoms with Crippen LogP contribution in [0.1, 0.15) is 44.1 Å². The third kappa shape index (κ3) is 5.84. The molecule has 1 saturated carbocycles. The molecule has 4 heteroatoms. The first-order chi connectivity index (χ1) is 10.3. The first-order valence-corrected chi connectivity index (χ1v) is 7.99. The van der Waals surface area contributed by atoms with E-state index in [1.54, 1.807) is 18.2 Å². The second kappa shape index (κ2) is 8.78. The summed E-state index contributed by atoms with van der Waals surface area (Å²) < 4.78 is 13.4. The van der Waals surface area contributed by atoms with Crippen molar-refractivity contribution in [1.82, 2.24) is 10.6 Å². The van der Waals surface area contributed by atoms with Crippen LogP contribution in [0.3, 0.4) is 0 Å². The van der Waals surface area contributed by atoms with E-state index in [4.69, 9.17) is 0 Å². The van der Waals surface area contributed by atoms with Crippen LogP contribution in [0.15, 0.2) is 24.3 Å². The van der Waals surface area contributed by atoms with E-state index in [9.17, 15) is 9.18 Å². The molecule has 0 bridgehead atoms. The number of carbonyl (C=O) groups excluding carboxylic acids is 1. The Bertz CT molecular complexity index is 442. The largest absolute Gasteiger partial charge is 0.355 e. The standard InChI is InChI=1S/C17H25FN2O/c18-16-10-6-5-7-14(16)13-17(21)20-12-11-19-15-8-3-1-2-4-9-15/h5-7,10,15,19H,1-4,8-9,11-13H2,(H,20,21). The molecular weight excluding hydrogens is 267 g/mol. The summed E-state index contributed by atoms with van der Waals surface area (Å²) in [6.07, 6.45) is 7.88. The Labute approximate surface area is 126 Å². The lowest BCUT2D eigenvalue weighted by molar-refractivity contribution is -0.120. The fourth-order valence-electron chi connectivity index (χ4n) is 2.84. The molecule has 1 amide bonds. The number of hydrogen-bond acceptors (Lipinski definition) is 2. The second-order valence-corrected chi connectivity index (χ2v) is 5.76. The molecule has 116 valence electrons. The van der Waals surface area contributed by atoms with Gasteiger partial charge in [-0.15, -0.1) is 0 Å². The van der Waals surface area contributed by atoms with E-state index in [1.807, 2.05) is 0 Å². The molecule has 1 aromatic rings. The van der Waals surface area contributed by atoms with Gasteiger partial charge in [0.25, 0.3) is 0 Å². The monoisotopic (exact) mass is 292 g/mol. The molecule has 0 aromatic heterocycles. The molecule has 0 aliphatic heterocycles. The van der Waals surface area contributed by atoms with Crippen molar-refractivity contribution in [3.8, 4) is 0 Å². The Morgan fingerprint density at radius 2 is 1.81 bits per heavy atom. The third-order valence-electron chi connectivity index (χ3n) is 4.04. The van der Waals surface area contributed by atoms with Crippen molar-refractivity contribution in [3.05, 3.63) is 35.6 Å². The van der Waals surface area contributed by atoms with Gasteiger partial charge in [-0.05, 0) is 24.5 Å². The lowest BCUT2D eigenvalue weighted by Gasteiger charge is -2.16. The average Bonchev–Trinajstić information content (AvgIpc) is 2.75. The quantitative estimate of drug-likeness (QED) is 0.625. The van der Waals surface area contributed by atoms with Gasteiger partial charge in [0.15, 0.2) is 0 Å². The lowest BCUT2D eigenvalue weighted by Crippen LogP contribution is -2.37. The summed E-state index contributed by atoms with van der Waals surface area (Å²) in [4.78, 5) is 11.8. The Hall–Kier alpha value is -1.42. The van der Waals surface area contributed by atoms with Crippen molar-refractivity contribution >= 4 is 5.91 Å². The first kappa shape index (κ1) is 16.0. The van der Waals surface area contributed by atoms with Gasteiger partial charge in [-0.1, -0.05) is 43.9 Å². The zero-order valence-electron chi connectivity index (χ0n) is 12.5. The topological polar surface area (TPSA) is 41.1 Å². The Morgan fingerprint density at radius 1 is 1.10 bits per heavy atom. The van der Waals surface area contributed by atoms with Crippen molar-refractivity contribution < 1.29 is 9.18 Å². The third-order valence-corrected chi connectivity index (χ3v) is 4.04. The zero-order valence-corrected chi connectivity index (χ0v) is 12.5. The van der Waals surface area contributed by atoms with Gasteiger partial charge in [0, 0.05) is 19.1 Å². The highest BCUT2D eigenvalue weighted by molar-refractivity contribution is 5.78. The Balaban J connectivity index is 1.62. The van der Waals surface area contributed by atoms with Crippen molar-refractivity contribution in [2.24, 2.45) is 0 Å². The van der Waals surface area contributed by atoms with Crippen molar-refractivity contribution in [2.45, 2.75) is 51.0 Å². The molecule has 2 rings (SSSR count). The van der Waals surface area contributed by atoms with E-state index in [2.05, 4.69) is 10.6 Å². The number of amides is 1. The predicted molar refractivity (Wildman–Crippen MR) is 82.6 cm³/mol. The van der Waals surface area contributed by atoms with E-state index in [1.165, 1.54) is 44.6 Å². The number of halogens is 1. The number of nitrogens with one attached hydrogen (secondary N) is 2. The normalized spacial score (nSPS) is 16.4. The minimum absolute atomic E-state index is 0.107.